The molecular formula is C37H38N4O6S2. The molecule has 1 saturated heterocycles. The first-order valence-corrected chi connectivity index (χ1v) is 18.1. The Hall–Kier alpha value is -5.20. The van der Waals surface area contributed by atoms with Crippen LogP contribution in [0.15, 0.2) is 97.1 Å². The molecule has 3 N–H and O–H groups in total. The number of benzene rings is 4. The van der Waals surface area contributed by atoms with E-state index >= 15 is 0 Å². The summed E-state index contributed by atoms with van der Waals surface area (Å²) in [4.78, 5) is 49.6. The van der Waals surface area contributed by atoms with Gasteiger partial charge in [0.1, 0.15) is 11.8 Å². The predicted molar refractivity (Wildman–Crippen MR) is 192 cm³/mol. The number of carbonyl (C=O) groups excluding carboxylic acids is 4. The summed E-state index contributed by atoms with van der Waals surface area (Å²) in [6, 6.07) is 29.9. The van der Waals surface area contributed by atoms with Crippen molar-refractivity contribution in [1.29, 1.82) is 0 Å². The van der Waals surface area contributed by atoms with Crippen molar-refractivity contribution in [1.82, 2.24) is 15.2 Å². The van der Waals surface area contributed by atoms with Crippen LogP contribution in [0.3, 0.4) is 0 Å². The lowest BCUT2D eigenvalue weighted by Gasteiger charge is -2.16. The Kier molecular flexibility index (Phi) is 12.9. The highest BCUT2D eigenvalue weighted by atomic mass is 32.2. The maximum atomic E-state index is 13.8. The van der Waals surface area contributed by atoms with E-state index in [4.69, 9.17) is 9.59 Å². The molecule has 1 fully saturated rings. The molecule has 49 heavy (non-hydrogen) atoms. The lowest BCUT2D eigenvalue weighted by atomic mass is 10.0. The van der Waals surface area contributed by atoms with Gasteiger partial charge in [-0.3, -0.25) is 14.4 Å². The third-order valence-corrected chi connectivity index (χ3v) is 11.1. The van der Waals surface area contributed by atoms with E-state index < -0.39 is 21.0 Å². The molecule has 0 spiro atoms. The first-order chi connectivity index (χ1) is 23.7. The van der Waals surface area contributed by atoms with Crippen LogP contribution in [0.25, 0.3) is 21.3 Å². The highest BCUT2D eigenvalue weighted by molar-refractivity contribution is 7.91. The molecule has 0 bridgehead atoms. The van der Waals surface area contributed by atoms with E-state index in [2.05, 4.69) is 16.0 Å². The molecule has 3 amide bonds. The van der Waals surface area contributed by atoms with Gasteiger partial charge in [-0.05, 0) is 71.8 Å². The van der Waals surface area contributed by atoms with Crippen LogP contribution in [0.5, 0.6) is 0 Å². The van der Waals surface area contributed by atoms with Crippen molar-refractivity contribution in [3.8, 4) is 11.1 Å². The summed E-state index contributed by atoms with van der Waals surface area (Å²) in [5.74, 6) is -0.818. The number of nitrogens with zero attached hydrogens (tertiary/aromatic N) is 2. The number of sulfone groups is 1. The number of aryl methyl sites for hydroxylation is 1. The number of primary amides is 1. The summed E-state index contributed by atoms with van der Waals surface area (Å²) in [6.45, 7) is 5.78. The maximum absolute atomic E-state index is 13.8. The third-order valence-electron chi connectivity index (χ3n) is 8.01. The van der Waals surface area contributed by atoms with Gasteiger partial charge in [-0.15, -0.1) is 11.3 Å². The molecule has 4 aromatic carbocycles. The minimum Gasteiger partial charge on any atom is -0.372 e. The van der Waals surface area contributed by atoms with Crippen molar-refractivity contribution >= 4 is 56.4 Å². The van der Waals surface area contributed by atoms with Crippen molar-refractivity contribution < 1.29 is 27.6 Å². The number of hydrogen-bond acceptors (Lipinski definition) is 8. The van der Waals surface area contributed by atoms with Crippen molar-refractivity contribution in [2.45, 2.75) is 37.3 Å². The fourth-order valence-electron chi connectivity index (χ4n) is 5.54. The van der Waals surface area contributed by atoms with Gasteiger partial charge in [0.25, 0.3) is 5.91 Å². The van der Waals surface area contributed by atoms with Crippen LogP contribution >= 0.6 is 11.3 Å². The second kappa shape index (κ2) is 17.3. The number of fused-ring (bicyclic) bond motifs is 1. The standard InChI is InChI=1S/C35H33N3O4S2.CH3NO.CH2O/c1-24-9-5-6-12-29(24)22-36-33(39)32(44(41,42)23-25-10-3-2-4-11-25)34-37-30-18-17-28(21-31(30)43-34)26-13-15-27(16-14-26)35(40)38-19-7-8-20-38;2-1-3;1-2/h2-6,9-18,21,32H,7-8,19-20,22-23H2,1H3,(H,36,39);1H,(H2,2,3);1H2. The molecule has 10 nitrogen and oxygen atoms in total. The zero-order chi connectivity index (χ0) is 35.4. The van der Waals surface area contributed by atoms with Gasteiger partial charge in [-0.2, -0.15) is 0 Å². The number of likely N-dealkylation sites (tertiary alicyclic amines) is 1. The number of carbonyl (C=O) groups is 4. The van der Waals surface area contributed by atoms with Crippen LogP contribution in [0.1, 0.15) is 50.1 Å². The van der Waals surface area contributed by atoms with Gasteiger partial charge in [-0.1, -0.05) is 72.8 Å². The monoisotopic (exact) mass is 698 g/mol. The van der Waals surface area contributed by atoms with Gasteiger partial charge < -0.3 is 20.7 Å². The number of hydrogen-bond donors (Lipinski definition) is 2. The smallest absolute Gasteiger partial charge is 0.253 e. The topological polar surface area (TPSA) is 157 Å². The van der Waals surface area contributed by atoms with Crippen LogP contribution in [0.4, 0.5) is 0 Å². The highest BCUT2D eigenvalue weighted by Crippen LogP contribution is 2.35. The lowest BCUT2D eigenvalue weighted by molar-refractivity contribution is -0.121. The minimum atomic E-state index is -3.97. The average Bonchev–Trinajstić information content (AvgIpc) is 3.80. The number of amides is 3. The molecule has 1 aliphatic rings. The normalized spacial score (nSPS) is 13.0. The Morgan fingerprint density at radius 2 is 1.55 bits per heavy atom. The van der Waals surface area contributed by atoms with Crippen LogP contribution in [-0.4, -0.2) is 56.4 Å². The van der Waals surface area contributed by atoms with E-state index in [9.17, 15) is 18.0 Å². The van der Waals surface area contributed by atoms with Crippen LogP contribution in [-0.2, 0) is 36.5 Å². The van der Waals surface area contributed by atoms with Crippen molar-refractivity contribution in [3.05, 3.63) is 124 Å². The zero-order valence-electron chi connectivity index (χ0n) is 27.1. The number of nitrogens with two attached hydrogens (primary N) is 1. The molecule has 0 saturated carbocycles. The summed E-state index contributed by atoms with van der Waals surface area (Å²) in [7, 11) is -3.97. The molecule has 1 aromatic heterocycles. The summed E-state index contributed by atoms with van der Waals surface area (Å²) < 4.78 is 28.5. The molecule has 1 aliphatic heterocycles. The van der Waals surface area contributed by atoms with E-state index in [0.717, 1.165) is 52.9 Å². The highest BCUT2D eigenvalue weighted by Gasteiger charge is 2.37. The van der Waals surface area contributed by atoms with Crippen LogP contribution < -0.4 is 11.1 Å². The first kappa shape index (κ1) is 36.6. The maximum Gasteiger partial charge on any atom is 0.253 e. The Labute approximate surface area is 289 Å². The largest absolute Gasteiger partial charge is 0.372 e. The summed E-state index contributed by atoms with van der Waals surface area (Å²) in [5, 5.41) is 1.65. The average molecular weight is 699 g/mol. The van der Waals surface area contributed by atoms with E-state index in [-0.39, 0.29) is 29.6 Å². The van der Waals surface area contributed by atoms with E-state index in [1.165, 1.54) is 11.3 Å². The number of thiazole rings is 1. The van der Waals surface area contributed by atoms with Gasteiger partial charge >= 0.3 is 0 Å². The fourth-order valence-corrected chi connectivity index (χ4v) is 8.71. The molecule has 5 aromatic rings. The molecule has 2 heterocycles. The molecule has 0 aliphatic carbocycles. The third kappa shape index (κ3) is 9.24. The van der Waals surface area contributed by atoms with Crippen LogP contribution in [0.2, 0.25) is 0 Å². The Morgan fingerprint density at radius 1 is 0.939 bits per heavy atom. The van der Waals surface area contributed by atoms with Gasteiger partial charge in [0, 0.05) is 25.2 Å². The Balaban J connectivity index is 0.00000103. The predicted octanol–water partition coefficient (Wildman–Crippen LogP) is 5.40. The molecule has 1 unspecified atom stereocenters. The number of aromatic nitrogens is 1. The zero-order valence-corrected chi connectivity index (χ0v) is 28.7. The number of rotatable bonds is 9. The summed E-state index contributed by atoms with van der Waals surface area (Å²) >= 11 is 1.22. The van der Waals surface area contributed by atoms with Crippen molar-refractivity contribution in [2.24, 2.45) is 5.73 Å². The summed E-state index contributed by atoms with van der Waals surface area (Å²) in [5.41, 5.74) is 9.85. The molecule has 0 radical (unpaired) electrons. The first-order valence-electron chi connectivity index (χ1n) is 15.5. The molecule has 1 atom stereocenters. The molecule has 254 valence electrons. The second-order valence-electron chi connectivity index (χ2n) is 11.3. The quantitative estimate of drug-likeness (QED) is 0.195. The Bertz CT molecular complexity index is 1990. The SMILES string of the molecule is C=O.Cc1ccccc1CNC(=O)C(c1nc2ccc(-c3ccc(C(=O)N4CCCC4)cc3)cc2s1)S(=O)(=O)Cc1ccccc1.NC=O. The van der Waals surface area contributed by atoms with E-state index in [1.54, 1.807) is 24.3 Å². The van der Waals surface area contributed by atoms with Crippen molar-refractivity contribution in [2.75, 3.05) is 13.1 Å². The molecule has 6 rings (SSSR count). The summed E-state index contributed by atoms with van der Waals surface area (Å²) in [6.07, 6.45) is 2.34. The Morgan fingerprint density at radius 3 is 2.20 bits per heavy atom. The van der Waals surface area contributed by atoms with E-state index in [0.29, 0.717) is 16.6 Å². The lowest BCUT2D eigenvalue weighted by Crippen LogP contribution is -2.34. The second-order valence-corrected chi connectivity index (χ2v) is 14.4. The fraction of sp³-hybridized carbons (Fsp3) is 0.216. The number of nitrogens with one attached hydrogen (secondary N) is 1. The molecule has 12 heteroatoms. The van der Waals surface area contributed by atoms with Gasteiger partial charge in [0.2, 0.25) is 12.3 Å². The van der Waals surface area contributed by atoms with Gasteiger partial charge in [-0.25, -0.2) is 13.4 Å². The van der Waals surface area contributed by atoms with Gasteiger partial charge in [0.15, 0.2) is 15.1 Å². The molecular weight excluding hydrogens is 661 g/mol. The van der Waals surface area contributed by atoms with Crippen LogP contribution in [0, 0.1) is 6.92 Å². The van der Waals surface area contributed by atoms with E-state index in [1.807, 2.05) is 91.4 Å². The minimum absolute atomic E-state index is 0.0556. The van der Waals surface area contributed by atoms with Crippen molar-refractivity contribution in [3.63, 3.8) is 0 Å². The van der Waals surface area contributed by atoms with Gasteiger partial charge in [0.05, 0.1) is 16.0 Å².